The Morgan fingerprint density at radius 2 is 1.15 bits per heavy atom. The maximum atomic E-state index is 3.79. The number of hydrogen-bond acceptors (Lipinski definition) is 1. The molecule has 1 N–H and O–H groups in total. The number of anilines is 2. The van der Waals surface area contributed by atoms with Crippen molar-refractivity contribution in [3.8, 4) is 22.3 Å². The van der Waals surface area contributed by atoms with Crippen molar-refractivity contribution in [1.82, 2.24) is 0 Å². The van der Waals surface area contributed by atoms with Crippen molar-refractivity contribution in [2.24, 2.45) is 0 Å². The minimum atomic E-state index is -0.486. The first-order valence-electron chi connectivity index (χ1n) is 16.7. The second-order valence-corrected chi connectivity index (χ2v) is 14.0. The van der Waals surface area contributed by atoms with Gasteiger partial charge in [-0.05, 0) is 116 Å². The molecular weight excluding hydrogens is 567 g/mol. The van der Waals surface area contributed by atoms with Crippen LogP contribution in [0.4, 0.5) is 11.4 Å². The monoisotopic (exact) mass is 603 g/mol. The van der Waals surface area contributed by atoms with Crippen LogP contribution in [-0.4, -0.2) is 0 Å². The van der Waals surface area contributed by atoms with Gasteiger partial charge >= 0.3 is 0 Å². The van der Waals surface area contributed by atoms with Crippen LogP contribution in [-0.2, 0) is 10.8 Å². The third-order valence-electron chi connectivity index (χ3n) is 10.9. The summed E-state index contributed by atoms with van der Waals surface area (Å²) in [5.74, 6) is 0. The normalized spacial score (nSPS) is 14.7. The van der Waals surface area contributed by atoms with Crippen molar-refractivity contribution in [2.75, 3.05) is 5.32 Å². The SMILES string of the molecule is Cc1ccc(Nc2ccc3c(c2)C(c2ccccc2)(c2ccccc2)c2cc4c(cc2-3)C(C)(C)c2ccc3ccccc3c2-4)c(C)c1. The Balaban J connectivity index is 1.37. The molecule has 0 aliphatic heterocycles. The molecule has 7 aromatic carbocycles. The molecule has 9 rings (SSSR count). The van der Waals surface area contributed by atoms with E-state index in [1.807, 2.05) is 0 Å². The zero-order valence-electron chi connectivity index (χ0n) is 27.4. The van der Waals surface area contributed by atoms with E-state index in [0.29, 0.717) is 0 Å². The largest absolute Gasteiger partial charge is 0.355 e. The van der Waals surface area contributed by atoms with Gasteiger partial charge in [0, 0.05) is 16.8 Å². The van der Waals surface area contributed by atoms with Crippen molar-refractivity contribution >= 4 is 22.1 Å². The average molecular weight is 604 g/mol. The third-order valence-corrected chi connectivity index (χ3v) is 10.9. The highest BCUT2D eigenvalue weighted by atomic mass is 14.9. The average Bonchev–Trinajstić information content (AvgIpc) is 3.51. The number of rotatable bonds is 4. The van der Waals surface area contributed by atoms with Gasteiger partial charge in [0.1, 0.15) is 0 Å². The van der Waals surface area contributed by atoms with Crippen LogP contribution in [0.2, 0.25) is 0 Å². The molecule has 1 heteroatoms. The molecule has 0 fully saturated rings. The molecule has 0 saturated heterocycles. The van der Waals surface area contributed by atoms with E-state index in [4.69, 9.17) is 0 Å². The quantitative estimate of drug-likeness (QED) is 0.211. The third kappa shape index (κ3) is 3.90. The van der Waals surface area contributed by atoms with Crippen molar-refractivity contribution in [3.05, 3.63) is 190 Å². The fourth-order valence-electron chi connectivity index (χ4n) is 8.67. The van der Waals surface area contributed by atoms with Crippen molar-refractivity contribution in [3.63, 3.8) is 0 Å². The van der Waals surface area contributed by atoms with Crippen LogP contribution < -0.4 is 5.32 Å². The van der Waals surface area contributed by atoms with Crippen LogP contribution in [0, 0.1) is 13.8 Å². The van der Waals surface area contributed by atoms with Crippen molar-refractivity contribution < 1.29 is 0 Å². The Kier molecular flexibility index (Phi) is 5.96. The Hall–Kier alpha value is -5.40. The minimum Gasteiger partial charge on any atom is -0.355 e. The van der Waals surface area contributed by atoms with Gasteiger partial charge in [-0.1, -0.05) is 135 Å². The van der Waals surface area contributed by atoms with E-state index in [0.717, 1.165) is 11.4 Å². The van der Waals surface area contributed by atoms with Gasteiger partial charge in [-0.25, -0.2) is 0 Å². The van der Waals surface area contributed by atoms with E-state index in [1.54, 1.807) is 0 Å². The van der Waals surface area contributed by atoms with Crippen LogP contribution >= 0.6 is 0 Å². The number of nitrogens with one attached hydrogen (secondary N) is 1. The van der Waals surface area contributed by atoms with Gasteiger partial charge in [-0.3, -0.25) is 0 Å². The molecular formula is C46H37N. The minimum absolute atomic E-state index is 0.112. The van der Waals surface area contributed by atoms with Crippen LogP contribution in [0.5, 0.6) is 0 Å². The standard InChI is InChI=1S/C46H37N/c1-29-19-24-43(30(2)25-29)47-34-21-22-36-37-27-40-38(44-35-18-12-11-13-31(35)20-23-39(44)45(40,3)4)28-42(37)46(41(36)26-34,32-14-7-5-8-15-32)33-16-9-6-10-17-33/h5-28,47H,1-4H3. The summed E-state index contributed by atoms with van der Waals surface area (Å²) in [7, 11) is 0. The summed E-state index contributed by atoms with van der Waals surface area (Å²) in [5.41, 5.74) is 17.6. The summed E-state index contributed by atoms with van der Waals surface area (Å²) in [6, 6.07) is 54.5. The lowest BCUT2D eigenvalue weighted by Crippen LogP contribution is -2.28. The molecule has 0 radical (unpaired) electrons. The van der Waals surface area contributed by atoms with E-state index in [2.05, 4.69) is 179 Å². The molecule has 0 saturated carbocycles. The van der Waals surface area contributed by atoms with Crippen LogP contribution in [0.25, 0.3) is 33.0 Å². The van der Waals surface area contributed by atoms with E-state index >= 15 is 0 Å². The van der Waals surface area contributed by atoms with Gasteiger partial charge in [0.05, 0.1) is 5.41 Å². The predicted octanol–water partition coefficient (Wildman–Crippen LogP) is 11.9. The fraction of sp³-hybridized carbons (Fsp3) is 0.130. The lowest BCUT2D eigenvalue weighted by Gasteiger charge is -2.34. The number of fused-ring (bicyclic) bond motifs is 8. The molecule has 226 valence electrons. The van der Waals surface area contributed by atoms with Crippen LogP contribution in [0.1, 0.15) is 58.4 Å². The Labute approximate surface area is 277 Å². The fourth-order valence-corrected chi connectivity index (χ4v) is 8.67. The zero-order valence-corrected chi connectivity index (χ0v) is 27.4. The molecule has 1 nitrogen and oxygen atoms in total. The smallest absolute Gasteiger partial charge is 0.0714 e. The molecule has 47 heavy (non-hydrogen) atoms. The highest BCUT2D eigenvalue weighted by molar-refractivity contribution is 6.04. The number of aryl methyl sites for hydroxylation is 2. The van der Waals surface area contributed by atoms with Crippen molar-refractivity contribution in [2.45, 2.75) is 38.5 Å². The molecule has 0 heterocycles. The Morgan fingerprint density at radius 3 is 1.87 bits per heavy atom. The number of benzene rings is 7. The molecule has 0 aromatic heterocycles. The summed E-state index contributed by atoms with van der Waals surface area (Å²) in [6.45, 7) is 9.12. The maximum Gasteiger partial charge on any atom is 0.0714 e. The first kappa shape index (κ1) is 27.9. The topological polar surface area (TPSA) is 12.0 Å². The summed E-state index contributed by atoms with van der Waals surface area (Å²) in [6.07, 6.45) is 0. The zero-order chi connectivity index (χ0) is 31.9. The van der Waals surface area contributed by atoms with Gasteiger partial charge < -0.3 is 5.32 Å². The first-order chi connectivity index (χ1) is 22.9. The number of hydrogen-bond donors (Lipinski definition) is 1. The Morgan fingerprint density at radius 1 is 0.489 bits per heavy atom. The second kappa shape index (κ2) is 10.0. The van der Waals surface area contributed by atoms with E-state index in [1.165, 1.54) is 77.5 Å². The summed E-state index contributed by atoms with van der Waals surface area (Å²) < 4.78 is 0. The highest BCUT2D eigenvalue weighted by Crippen LogP contribution is 2.61. The molecule has 7 aromatic rings. The molecule has 2 aliphatic rings. The van der Waals surface area contributed by atoms with Gasteiger partial charge in [0.15, 0.2) is 0 Å². The molecule has 2 aliphatic carbocycles. The molecule has 0 unspecified atom stereocenters. The first-order valence-corrected chi connectivity index (χ1v) is 16.7. The second-order valence-electron chi connectivity index (χ2n) is 14.0. The van der Waals surface area contributed by atoms with E-state index in [9.17, 15) is 0 Å². The molecule has 0 bridgehead atoms. The van der Waals surface area contributed by atoms with E-state index < -0.39 is 5.41 Å². The summed E-state index contributed by atoms with van der Waals surface area (Å²) in [4.78, 5) is 0. The van der Waals surface area contributed by atoms with Gasteiger partial charge in [-0.2, -0.15) is 0 Å². The highest BCUT2D eigenvalue weighted by Gasteiger charge is 2.48. The van der Waals surface area contributed by atoms with Gasteiger partial charge in [0.2, 0.25) is 0 Å². The van der Waals surface area contributed by atoms with Crippen LogP contribution in [0.3, 0.4) is 0 Å². The Bertz CT molecular complexity index is 2320. The van der Waals surface area contributed by atoms with Crippen molar-refractivity contribution in [1.29, 1.82) is 0 Å². The molecule has 0 spiro atoms. The van der Waals surface area contributed by atoms with Gasteiger partial charge in [0.25, 0.3) is 0 Å². The summed E-state index contributed by atoms with van der Waals surface area (Å²) >= 11 is 0. The summed E-state index contributed by atoms with van der Waals surface area (Å²) in [5, 5.41) is 6.41. The van der Waals surface area contributed by atoms with E-state index in [-0.39, 0.29) is 5.41 Å². The molecule has 0 atom stereocenters. The van der Waals surface area contributed by atoms with Gasteiger partial charge in [-0.15, -0.1) is 0 Å². The molecule has 0 amide bonds. The van der Waals surface area contributed by atoms with Crippen LogP contribution in [0.15, 0.2) is 146 Å². The lowest BCUT2D eigenvalue weighted by molar-refractivity contribution is 0.660. The maximum absolute atomic E-state index is 3.79. The lowest BCUT2D eigenvalue weighted by atomic mass is 9.67. The predicted molar refractivity (Wildman–Crippen MR) is 198 cm³/mol.